The molecule has 96 valence electrons. The van der Waals surface area contributed by atoms with Crippen molar-refractivity contribution in [1.82, 2.24) is 5.32 Å². The highest BCUT2D eigenvalue weighted by molar-refractivity contribution is 9.11. The van der Waals surface area contributed by atoms with Crippen LogP contribution in [0.5, 0.6) is 0 Å². The summed E-state index contributed by atoms with van der Waals surface area (Å²) in [6, 6.07) is 4.05. The molecule has 17 heavy (non-hydrogen) atoms. The summed E-state index contributed by atoms with van der Waals surface area (Å²) in [5.41, 5.74) is 0. The first kappa shape index (κ1) is 14.7. The van der Waals surface area contributed by atoms with Crippen LogP contribution < -0.4 is 5.32 Å². The lowest BCUT2D eigenvalue weighted by molar-refractivity contribution is -0.127. The molecule has 0 bridgehead atoms. The lowest BCUT2D eigenvalue weighted by Gasteiger charge is -2.17. The minimum Gasteiger partial charge on any atom is -0.396 e. The molecular weight excluding hydrogens is 302 g/mol. The van der Waals surface area contributed by atoms with Gasteiger partial charge < -0.3 is 10.4 Å². The third-order valence-corrected chi connectivity index (χ3v) is 4.32. The fraction of sp³-hybridized carbons (Fsp3) is 0.583. The number of hydrogen-bond donors (Lipinski definition) is 2. The maximum absolute atomic E-state index is 11.7. The van der Waals surface area contributed by atoms with E-state index in [9.17, 15) is 4.79 Å². The number of nitrogens with one attached hydrogen (secondary N) is 1. The molecular formula is C12H18BrNO2S. The van der Waals surface area contributed by atoms with Crippen LogP contribution in [0.1, 0.15) is 18.7 Å². The molecule has 1 amide bonds. The number of carbonyl (C=O) groups excluding carboxylic acids is 1. The summed E-state index contributed by atoms with van der Waals surface area (Å²) >= 11 is 5.08. The standard InChI is InChI=1S/C12H18BrNO2S/c1-8(2)10(7-15)12(16)14-6-5-9-3-4-11(13)17-9/h3-4,8,10,15H,5-7H2,1-2H3,(H,14,16). The first-order valence-electron chi connectivity index (χ1n) is 5.67. The monoisotopic (exact) mass is 319 g/mol. The normalized spacial score (nSPS) is 12.8. The maximum Gasteiger partial charge on any atom is 0.225 e. The van der Waals surface area contributed by atoms with Crippen molar-refractivity contribution in [2.24, 2.45) is 11.8 Å². The molecule has 0 saturated heterocycles. The van der Waals surface area contributed by atoms with Gasteiger partial charge in [-0.2, -0.15) is 0 Å². The minimum absolute atomic E-state index is 0.0573. The molecule has 0 spiro atoms. The van der Waals surface area contributed by atoms with Gasteiger partial charge in [0.1, 0.15) is 0 Å². The van der Waals surface area contributed by atoms with Crippen LogP contribution in [0.15, 0.2) is 15.9 Å². The van der Waals surface area contributed by atoms with Crippen molar-refractivity contribution < 1.29 is 9.90 Å². The topological polar surface area (TPSA) is 49.3 Å². The van der Waals surface area contributed by atoms with Crippen LogP contribution in [0, 0.1) is 11.8 Å². The van der Waals surface area contributed by atoms with Crippen molar-refractivity contribution in [3.05, 3.63) is 20.8 Å². The molecule has 0 aromatic carbocycles. The summed E-state index contributed by atoms with van der Waals surface area (Å²) in [5, 5.41) is 12.0. The average Bonchev–Trinajstić information content (AvgIpc) is 2.64. The third-order valence-electron chi connectivity index (χ3n) is 2.64. The van der Waals surface area contributed by atoms with Gasteiger partial charge in [-0.3, -0.25) is 4.79 Å². The van der Waals surface area contributed by atoms with Crippen LogP contribution in [-0.2, 0) is 11.2 Å². The molecule has 1 atom stereocenters. The molecule has 0 radical (unpaired) electrons. The SMILES string of the molecule is CC(C)C(CO)C(=O)NCCc1ccc(Br)s1. The molecule has 1 aromatic rings. The van der Waals surface area contributed by atoms with E-state index in [1.165, 1.54) is 4.88 Å². The molecule has 1 heterocycles. The van der Waals surface area contributed by atoms with Gasteiger partial charge in [0.2, 0.25) is 5.91 Å². The number of thiophene rings is 1. The fourth-order valence-corrected chi connectivity index (χ4v) is 3.01. The number of rotatable bonds is 6. The number of aliphatic hydroxyl groups excluding tert-OH is 1. The first-order chi connectivity index (χ1) is 8.04. The smallest absolute Gasteiger partial charge is 0.225 e. The van der Waals surface area contributed by atoms with Gasteiger partial charge in [0, 0.05) is 11.4 Å². The number of aliphatic hydroxyl groups is 1. The lowest BCUT2D eigenvalue weighted by Crippen LogP contribution is -2.36. The molecule has 0 aliphatic heterocycles. The Bertz CT molecular complexity index is 365. The van der Waals surface area contributed by atoms with Crippen LogP contribution in [0.3, 0.4) is 0 Å². The molecule has 1 unspecified atom stereocenters. The lowest BCUT2D eigenvalue weighted by atomic mass is 9.96. The highest BCUT2D eigenvalue weighted by atomic mass is 79.9. The molecule has 0 aliphatic carbocycles. The first-order valence-corrected chi connectivity index (χ1v) is 7.28. The van der Waals surface area contributed by atoms with Crippen molar-refractivity contribution in [3.63, 3.8) is 0 Å². The molecule has 0 fully saturated rings. The Balaban J connectivity index is 2.33. The van der Waals surface area contributed by atoms with Gasteiger partial charge in [-0.25, -0.2) is 0 Å². The molecule has 0 saturated carbocycles. The van der Waals surface area contributed by atoms with Crippen LogP contribution in [-0.4, -0.2) is 24.2 Å². The summed E-state index contributed by atoms with van der Waals surface area (Å²) < 4.78 is 1.11. The van der Waals surface area contributed by atoms with Gasteiger partial charge in [-0.05, 0) is 40.4 Å². The van der Waals surface area contributed by atoms with E-state index < -0.39 is 0 Å². The third kappa shape index (κ3) is 4.77. The van der Waals surface area contributed by atoms with Crippen molar-refractivity contribution in [2.45, 2.75) is 20.3 Å². The van der Waals surface area contributed by atoms with Crippen LogP contribution >= 0.6 is 27.3 Å². The minimum atomic E-state index is -0.301. The van der Waals surface area contributed by atoms with E-state index in [1.54, 1.807) is 11.3 Å². The van der Waals surface area contributed by atoms with E-state index in [4.69, 9.17) is 5.11 Å². The number of hydrogen-bond acceptors (Lipinski definition) is 3. The van der Waals surface area contributed by atoms with Gasteiger partial charge >= 0.3 is 0 Å². The highest BCUT2D eigenvalue weighted by Gasteiger charge is 2.20. The Morgan fingerprint density at radius 2 is 2.24 bits per heavy atom. The Labute approximate surface area is 114 Å². The van der Waals surface area contributed by atoms with Gasteiger partial charge in [0.15, 0.2) is 0 Å². The van der Waals surface area contributed by atoms with E-state index in [0.29, 0.717) is 6.54 Å². The molecule has 1 rings (SSSR count). The van der Waals surface area contributed by atoms with Gasteiger partial charge in [-0.1, -0.05) is 13.8 Å². The predicted molar refractivity (Wildman–Crippen MR) is 74.1 cm³/mol. The molecule has 0 aliphatic rings. The fourth-order valence-electron chi connectivity index (χ4n) is 1.52. The van der Waals surface area contributed by atoms with Crippen molar-refractivity contribution in [2.75, 3.05) is 13.2 Å². The molecule has 5 heteroatoms. The Morgan fingerprint density at radius 3 is 2.71 bits per heavy atom. The van der Waals surface area contributed by atoms with E-state index in [1.807, 2.05) is 26.0 Å². The second-order valence-corrected chi connectivity index (χ2v) is 6.83. The Hall–Kier alpha value is -0.390. The molecule has 2 N–H and O–H groups in total. The Kier molecular flexibility index (Phi) is 6.16. The van der Waals surface area contributed by atoms with Crippen LogP contribution in [0.2, 0.25) is 0 Å². The second-order valence-electron chi connectivity index (χ2n) is 4.28. The number of amides is 1. The van der Waals surface area contributed by atoms with E-state index in [2.05, 4.69) is 21.2 Å². The highest BCUT2D eigenvalue weighted by Crippen LogP contribution is 2.22. The van der Waals surface area contributed by atoms with Crippen LogP contribution in [0.25, 0.3) is 0 Å². The summed E-state index contributed by atoms with van der Waals surface area (Å²) in [7, 11) is 0. The summed E-state index contributed by atoms with van der Waals surface area (Å²) in [6.07, 6.45) is 0.832. The molecule has 1 aromatic heterocycles. The van der Waals surface area contributed by atoms with Gasteiger partial charge in [-0.15, -0.1) is 11.3 Å². The van der Waals surface area contributed by atoms with Gasteiger partial charge in [0.05, 0.1) is 16.3 Å². The summed E-state index contributed by atoms with van der Waals surface area (Å²) in [4.78, 5) is 13.0. The van der Waals surface area contributed by atoms with Crippen molar-refractivity contribution in [1.29, 1.82) is 0 Å². The number of halogens is 1. The zero-order chi connectivity index (χ0) is 12.8. The van der Waals surface area contributed by atoms with Crippen LogP contribution in [0.4, 0.5) is 0 Å². The van der Waals surface area contributed by atoms with E-state index in [0.717, 1.165) is 10.2 Å². The summed E-state index contributed by atoms with van der Waals surface area (Å²) in [5.74, 6) is -0.195. The summed E-state index contributed by atoms with van der Waals surface area (Å²) in [6.45, 7) is 4.41. The van der Waals surface area contributed by atoms with Crippen molar-refractivity contribution >= 4 is 33.2 Å². The number of carbonyl (C=O) groups is 1. The second kappa shape index (κ2) is 7.13. The quantitative estimate of drug-likeness (QED) is 0.846. The van der Waals surface area contributed by atoms with E-state index >= 15 is 0 Å². The molecule has 3 nitrogen and oxygen atoms in total. The van der Waals surface area contributed by atoms with E-state index in [-0.39, 0.29) is 24.3 Å². The zero-order valence-electron chi connectivity index (χ0n) is 10.1. The maximum atomic E-state index is 11.7. The predicted octanol–water partition coefficient (Wildman–Crippen LogP) is 2.43. The van der Waals surface area contributed by atoms with Gasteiger partial charge in [0.25, 0.3) is 0 Å². The zero-order valence-corrected chi connectivity index (χ0v) is 12.5. The largest absolute Gasteiger partial charge is 0.396 e. The average molecular weight is 320 g/mol. The Morgan fingerprint density at radius 1 is 1.53 bits per heavy atom. The van der Waals surface area contributed by atoms with Crippen molar-refractivity contribution in [3.8, 4) is 0 Å².